The Labute approximate surface area is 118 Å². The Morgan fingerprint density at radius 1 is 1.16 bits per heavy atom. The zero-order valence-electron chi connectivity index (χ0n) is 10.6. The van der Waals surface area contributed by atoms with Crippen LogP contribution in [0, 0.1) is 0 Å². The summed E-state index contributed by atoms with van der Waals surface area (Å²) in [6, 6.07) is 3.46. The van der Waals surface area contributed by atoms with E-state index >= 15 is 0 Å². The van der Waals surface area contributed by atoms with Gasteiger partial charge in [0.2, 0.25) is 0 Å². The molecule has 6 nitrogen and oxygen atoms in total. The van der Waals surface area contributed by atoms with E-state index in [1.165, 1.54) is 11.5 Å². The standard InChI is InChI=1S/C11H11ClN6S/c1-11(2,3)9-8(19-17-14-9)10-15-13-7-5-4-6(12)16-18(7)10/h4-5H,1-3H3. The summed E-state index contributed by atoms with van der Waals surface area (Å²) in [4.78, 5) is 0.870. The van der Waals surface area contributed by atoms with Gasteiger partial charge >= 0.3 is 0 Å². The van der Waals surface area contributed by atoms with Crippen LogP contribution in [0.5, 0.6) is 0 Å². The molecule has 0 radical (unpaired) electrons. The molecular formula is C11H11ClN6S. The van der Waals surface area contributed by atoms with Crippen LogP contribution in [0.1, 0.15) is 26.5 Å². The molecule has 0 atom stereocenters. The molecule has 0 saturated heterocycles. The van der Waals surface area contributed by atoms with Gasteiger partial charge in [-0.2, -0.15) is 9.61 Å². The second-order valence-electron chi connectivity index (χ2n) is 5.15. The minimum Gasteiger partial charge on any atom is -0.190 e. The van der Waals surface area contributed by atoms with E-state index < -0.39 is 0 Å². The first-order chi connectivity index (χ1) is 8.97. The van der Waals surface area contributed by atoms with Crippen LogP contribution in [0.4, 0.5) is 0 Å². The molecule has 19 heavy (non-hydrogen) atoms. The topological polar surface area (TPSA) is 68.9 Å². The molecule has 0 aromatic carbocycles. The average molecular weight is 295 g/mol. The second-order valence-corrected chi connectivity index (χ2v) is 6.29. The highest BCUT2D eigenvalue weighted by molar-refractivity contribution is 7.09. The number of halogens is 1. The van der Waals surface area contributed by atoms with Gasteiger partial charge in [-0.1, -0.05) is 36.9 Å². The van der Waals surface area contributed by atoms with Crippen LogP contribution in [0.25, 0.3) is 16.3 Å². The smallest absolute Gasteiger partial charge is 0.190 e. The zero-order valence-corrected chi connectivity index (χ0v) is 12.2. The maximum Gasteiger partial charge on any atom is 0.198 e. The van der Waals surface area contributed by atoms with Crippen LogP contribution in [-0.4, -0.2) is 29.4 Å². The van der Waals surface area contributed by atoms with Crippen molar-refractivity contribution in [1.29, 1.82) is 0 Å². The Morgan fingerprint density at radius 3 is 2.68 bits per heavy atom. The van der Waals surface area contributed by atoms with Crippen molar-refractivity contribution in [2.24, 2.45) is 0 Å². The fraction of sp³-hybridized carbons (Fsp3) is 0.364. The molecule has 0 N–H and O–H groups in total. The van der Waals surface area contributed by atoms with Crippen LogP contribution >= 0.6 is 23.1 Å². The molecular weight excluding hydrogens is 284 g/mol. The maximum atomic E-state index is 5.92. The SMILES string of the molecule is CC(C)(C)c1nnsc1-c1nnc2ccc(Cl)nn12. The minimum atomic E-state index is -0.118. The monoisotopic (exact) mass is 294 g/mol. The van der Waals surface area contributed by atoms with Crippen molar-refractivity contribution in [2.75, 3.05) is 0 Å². The summed E-state index contributed by atoms with van der Waals surface area (Å²) < 4.78 is 5.64. The lowest BCUT2D eigenvalue weighted by Gasteiger charge is -2.15. The van der Waals surface area contributed by atoms with Crippen LogP contribution in [-0.2, 0) is 5.41 Å². The second kappa shape index (κ2) is 4.21. The highest BCUT2D eigenvalue weighted by atomic mass is 35.5. The van der Waals surface area contributed by atoms with Crippen LogP contribution in [0.3, 0.4) is 0 Å². The molecule has 0 aliphatic heterocycles. The van der Waals surface area contributed by atoms with Gasteiger partial charge in [-0.25, -0.2) is 0 Å². The number of hydrogen-bond donors (Lipinski definition) is 0. The Hall–Kier alpha value is -1.60. The Bertz CT molecular complexity index is 741. The van der Waals surface area contributed by atoms with Crippen LogP contribution in [0.15, 0.2) is 12.1 Å². The third-order valence-corrected chi connectivity index (χ3v) is 3.56. The van der Waals surface area contributed by atoms with Crippen molar-refractivity contribution in [1.82, 2.24) is 29.4 Å². The van der Waals surface area contributed by atoms with Gasteiger partial charge in [-0.3, -0.25) is 0 Å². The molecule has 0 aliphatic carbocycles. The number of hydrogen-bond acceptors (Lipinski definition) is 6. The first-order valence-corrected chi connectivity index (χ1v) is 6.83. The lowest BCUT2D eigenvalue weighted by Crippen LogP contribution is -2.13. The van der Waals surface area contributed by atoms with Crippen molar-refractivity contribution in [3.05, 3.63) is 23.0 Å². The molecule has 3 rings (SSSR count). The molecule has 0 bridgehead atoms. The van der Waals surface area contributed by atoms with Gasteiger partial charge in [0.05, 0.1) is 5.69 Å². The maximum absolute atomic E-state index is 5.92. The molecule has 0 aliphatic rings. The van der Waals surface area contributed by atoms with E-state index in [1.54, 1.807) is 16.6 Å². The third-order valence-electron chi connectivity index (χ3n) is 2.63. The third kappa shape index (κ3) is 2.08. The summed E-state index contributed by atoms with van der Waals surface area (Å²) in [6.45, 7) is 6.24. The predicted octanol–water partition coefficient (Wildman–Crippen LogP) is 2.59. The van der Waals surface area contributed by atoms with Crippen molar-refractivity contribution in [2.45, 2.75) is 26.2 Å². The summed E-state index contributed by atoms with van der Waals surface area (Å²) in [7, 11) is 0. The Balaban J connectivity index is 2.26. The minimum absolute atomic E-state index is 0.118. The molecule has 0 unspecified atom stereocenters. The molecule has 0 amide bonds. The van der Waals surface area contributed by atoms with Gasteiger partial charge in [0.15, 0.2) is 11.5 Å². The fourth-order valence-electron chi connectivity index (χ4n) is 1.74. The molecule has 3 aromatic heterocycles. The molecule has 3 heterocycles. The molecule has 0 saturated carbocycles. The largest absolute Gasteiger partial charge is 0.198 e. The molecule has 0 spiro atoms. The van der Waals surface area contributed by atoms with E-state index in [4.69, 9.17) is 11.6 Å². The van der Waals surface area contributed by atoms with E-state index in [9.17, 15) is 0 Å². The quantitative estimate of drug-likeness (QED) is 0.690. The molecule has 0 fully saturated rings. The summed E-state index contributed by atoms with van der Waals surface area (Å²) in [5, 5.41) is 17.1. The van der Waals surface area contributed by atoms with E-state index in [0.29, 0.717) is 16.6 Å². The number of rotatable bonds is 1. The predicted molar refractivity (Wildman–Crippen MR) is 73.4 cm³/mol. The van der Waals surface area contributed by atoms with E-state index in [-0.39, 0.29) is 5.41 Å². The number of nitrogens with zero attached hydrogens (tertiary/aromatic N) is 6. The lowest BCUT2D eigenvalue weighted by molar-refractivity contribution is 0.567. The van der Waals surface area contributed by atoms with Gasteiger partial charge in [-0.15, -0.1) is 15.3 Å². The summed E-state index contributed by atoms with van der Waals surface area (Å²) in [5.41, 5.74) is 1.41. The molecule has 8 heteroatoms. The number of aromatic nitrogens is 6. The van der Waals surface area contributed by atoms with Gasteiger partial charge in [0.1, 0.15) is 10.0 Å². The summed E-state index contributed by atoms with van der Waals surface area (Å²) >= 11 is 7.21. The Kier molecular flexibility index (Phi) is 2.75. The van der Waals surface area contributed by atoms with E-state index in [0.717, 1.165) is 10.6 Å². The van der Waals surface area contributed by atoms with Gasteiger partial charge in [-0.05, 0) is 23.7 Å². The average Bonchev–Trinajstić information content (AvgIpc) is 2.91. The van der Waals surface area contributed by atoms with Gasteiger partial charge in [0.25, 0.3) is 0 Å². The fourth-order valence-corrected chi connectivity index (χ4v) is 2.72. The molecule has 3 aromatic rings. The van der Waals surface area contributed by atoms with Crippen molar-refractivity contribution in [3.8, 4) is 10.7 Å². The highest BCUT2D eigenvalue weighted by Crippen LogP contribution is 2.32. The normalized spacial score (nSPS) is 12.2. The Morgan fingerprint density at radius 2 is 1.95 bits per heavy atom. The summed E-state index contributed by atoms with van der Waals surface area (Å²) in [6.07, 6.45) is 0. The van der Waals surface area contributed by atoms with E-state index in [2.05, 4.69) is 45.7 Å². The first kappa shape index (κ1) is 12.4. The van der Waals surface area contributed by atoms with Crippen LogP contribution in [0.2, 0.25) is 5.15 Å². The van der Waals surface area contributed by atoms with Gasteiger partial charge < -0.3 is 0 Å². The van der Waals surface area contributed by atoms with E-state index in [1.807, 2.05) is 0 Å². The van der Waals surface area contributed by atoms with Gasteiger partial charge in [0, 0.05) is 5.41 Å². The first-order valence-electron chi connectivity index (χ1n) is 5.68. The zero-order chi connectivity index (χ0) is 13.6. The van der Waals surface area contributed by atoms with Crippen molar-refractivity contribution in [3.63, 3.8) is 0 Å². The van der Waals surface area contributed by atoms with Crippen molar-refractivity contribution < 1.29 is 0 Å². The molecule has 98 valence electrons. The highest BCUT2D eigenvalue weighted by Gasteiger charge is 2.26. The lowest BCUT2D eigenvalue weighted by atomic mass is 9.91. The summed E-state index contributed by atoms with van der Waals surface area (Å²) in [5.74, 6) is 0.623. The van der Waals surface area contributed by atoms with Crippen LogP contribution < -0.4 is 0 Å². The number of fused-ring (bicyclic) bond motifs is 1. The van der Waals surface area contributed by atoms with Crippen molar-refractivity contribution >= 4 is 28.8 Å².